The maximum Gasteiger partial charge on any atom is 0 e. The molecule has 3 aromatic rings. The van der Waals surface area contributed by atoms with Gasteiger partial charge in [-0.3, -0.25) is 0 Å². The van der Waals surface area contributed by atoms with E-state index >= 15 is 0 Å². The van der Waals surface area contributed by atoms with Gasteiger partial charge in [-0.25, -0.2) is 6.07 Å². The van der Waals surface area contributed by atoms with Crippen LogP contribution in [0.5, 0.6) is 0 Å². The van der Waals surface area contributed by atoms with Gasteiger partial charge in [0.1, 0.15) is 0 Å². The van der Waals surface area contributed by atoms with Crippen molar-refractivity contribution in [1.82, 2.24) is 0 Å². The first kappa shape index (κ1) is 14.2. The first-order valence-electron chi connectivity index (χ1n) is 6.07. The molecule has 0 unspecified atom stereocenters. The minimum absolute atomic E-state index is 0. The molecular weight excluding hydrogens is 291 g/mol. The largest absolute Gasteiger partial charge is 0.206 e. The molecule has 0 aliphatic rings. The summed E-state index contributed by atoms with van der Waals surface area (Å²) in [7, 11) is -0.409. The number of hydrogen-bond acceptors (Lipinski definition) is 0. The molecule has 0 amide bonds. The molecule has 0 aromatic heterocycles. The second-order valence-corrected chi connectivity index (χ2v) is 6.37. The summed E-state index contributed by atoms with van der Waals surface area (Å²) in [5, 5.41) is 4.23. The van der Waals surface area contributed by atoms with E-state index in [1.165, 1.54) is 15.9 Å². The Balaban J connectivity index is 0.00000133. The van der Waals surface area contributed by atoms with Gasteiger partial charge in [-0.2, -0.15) is 23.5 Å². The van der Waals surface area contributed by atoms with Gasteiger partial charge in [0, 0.05) is 17.1 Å². The van der Waals surface area contributed by atoms with Crippen LogP contribution in [0.4, 0.5) is 0 Å². The van der Waals surface area contributed by atoms with Gasteiger partial charge in [-0.15, -0.1) is 0 Å². The predicted octanol–water partition coefficient (Wildman–Crippen LogP) is 3.16. The van der Waals surface area contributed by atoms with Crippen LogP contribution >= 0.6 is 7.92 Å². The molecule has 19 heavy (non-hydrogen) atoms. The summed E-state index contributed by atoms with van der Waals surface area (Å²) < 4.78 is 0. The van der Waals surface area contributed by atoms with E-state index in [2.05, 4.69) is 84.9 Å². The topological polar surface area (TPSA) is 0 Å². The van der Waals surface area contributed by atoms with Crippen LogP contribution < -0.4 is 15.9 Å². The van der Waals surface area contributed by atoms with Crippen LogP contribution in [0.1, 0.15) is 0 Å². The monoisotopic (exact) mass is 305 g/mol. The van der Waals surface area contributed by atoms with Crippen molar-refractivity contribution < 1.29 is 17.1 Å². The van der Waals surface area contributed by atoms with Gasteiger partial charge in [0.05, 0.1) is 0 Å². The van der Waals surface area contributed by atoms with Crippen LogP contribution in [-0.2, 0) is 17.1 Å². The third kappa shape index (κ3) is 3.19. The van der Waals surface area contributed by atoms with Crippen molar-refractivity contribution in [2.75, 3.05) is 0 Å². The molecule has 0 N–H and O–H groups in total. The zero-order valence-electron chi connectivity index (χ0n) is 10.4. The fourth-order valence-electron chi connectivity index (χ4n) is 2.11. The van der Waals surface area contributed by atoms with Crippen molar-refractivity contribution in [2.45, 2.75) is 0 Å². The zero-order valence-corrected chi connectivity index (χ0v) is 12.4. The molecule has 0 saturated heterocycles. The number of rotatable bonds is 3. The average Bonchev–Trinajstić information content (AvgIpc) is 2.95. The van der Waals surface area contributed by atoms with Gasteiger partial charge in [-0.1, -0.05) is 68.6 Å². The van der Waals surface area contributed by atoms with Crippen LogP contribution in [0.15, 0.2) is 84.9 Å². The molecule has 3 aromatic carbocycles. The Morgan fingerprint density at radius 1 is 0.632 bits per heavy atom. The molecule has 0 heterocycles. The van der Waals surface area contributed by atoms with Crippen LogP contribution in [0, 0.1) is 0 Å². The summed E-state index contributed by atoms with van der Waals surface area (Å²) in [6, 6.07) is 30.2. The molecule has 3 rings (SSSR count). The Kier molecular flexibility index (Phi) is 5.05. The van der Waals surface area contributed by atoms with Crippen molar-refractivity contribution in [1.29, 1.82) is 0 Å². The molecule has 0 fully saturated rings. The van der Waals surface area contributed by atoms with Crippen LogP contribution in [-0.4, -0.2) is 0 Å². The number of benzene rings is 2. The van der Waals surface area contributed by atoms with E-state index in [9.17, 15) is 0 Å². The summed E-state index contributed by atoms with van der Waals surface area (Å²) >= 11 is 0. The van der Waals surface area contributed by atoms with Crippen molar-refractivity contribution in [3.8, 4) is 0 Å². The van der Waals surface area contributed by atoms with Gasteiger partial charge >= 0.3 is 0 Å². The Hall–Kier alpha value is -1.26. The molecule has 0 aliphatic carbocycles. The standard InChI is InChI=1S/C17H14P.Fe/c1-3-9-15(10-4-1)18(17-13-7-8-14-17)16-11-5-2-6-12-16;/h1-14H;/q-1;. The van der Waals surface area contributed by atoms with Gasteiger partial charge < -0.3 is 0 Å². The summed E-state index contributed by atoms with van der Waals surface area (Å²) in [6.45, 7) is 0. The Morgan fingerprint density at radius 2 is 1.16 bits per heavy atom. The third-order valence-corrected chi connectivity index (χ3v) is 5.38. The maximum atomic E-state index is 2.23. The van der Waals surface area contributed by atoms with Crippen molar-refractivity contribution in [3.05, 3.63) is 84.9 Å². The summed E-state index contributed by atoms with van der Waals surface area (Å²) in [5.74, 6) is 0. The van der Waals surface area contributed by atoms with Crippen molar-refractivity contribution in [3.63, 3.8) is 0 Å². The summed E-state index contributed by atoms with van der Waals surface area (Å²) in [6.07, 6.45) is 0. The van der Waals surface area contributed by atoms with E-state index in [1.54, 1.807) is 0 Å². The van der Waals surface area contributed by atoms with Gasteiger partial charge in [0.2, 0.25) is 0 Å². The molecule has 0 radical (unpaired) electrons. The predicted molar refractivity (Wildman–Crippen MR) is 80.7 cm³/mol. The minimum Gasteiger partial charge on any atom is -0.206 e. The van der Waals surface area contributed by atoms with E-state index in [-0.39, 0.29) is 17.1 Å². The molecule has 0 atom stereocenters. The normalized spacial score (nSPS) is 10.2. The maximum absolute atomic E-state index is 2.23. The fraction of sp³-hybridized carbons (Fsp3) is 0. The zero-order chi connectivity index (χ0) is 12.2. The van der Waals surface area contributed by atoms with E-state index in [1.807, 2.05) is 0 Å². The smallest absolute Gasteiger partial charge is 0 e. The Labute approximate surface area is 126 Å². The average molecular weight is 305 g/mol. The third-order valence-electron chi connectivity index (χ3n) is 2.93. The molecule has 0 nitrogen and oxygen atoms in total. The van der Waals surface area contributed by atoms with Crippen LogP contribution in [0.25, 0.3) is 0 Å². The van der Waals surface area contributed by atoms with Crippen LogP contribution in [0.3, 0.4) is 0 Å². The second-order valence-electron chi connectivity index (χ2n) is 4.15. The second kappa shape index (κ2) is 6.78. The van der Waals surface area contributed by atoms with E-state index in [0.29, 0.717) is 0 Å². The molecule has 0 aliphatic heterocycles. The van der Waals surface area contributed by atoms with E-state index in [4.69, 9.17) is 0 Å². The van der Waals surface area contributed by atoms with Crippen molar-refractivity contribution >= 4 is 23.8 Å². The SMILES string of the molecule is [Fe].c1ccc(P(c2ccccc2)c2cc[cH-]c2)cc1. The quantitative estimate of drug-likeness (QED) is 0.396. The fourth-order valence-corrected chi connectivity index (χ4v) is 4.42. The summed E-state index contributed by atoms with van der Waals surface area (Å²) in [5.41, 5.74) is 0. The molecular formula is C17H14FeP-. The van der Waals surface area contributed by atoms with Crippen molar-refractivity contribution in [2.24, 2.45) is 0 Å². The summed E-state index contributed by atoms with van der Waals surface area (Å²) in [4.78, 5) is 0. The first-order chi connectivity index (χ1) is 8.95. The van der Waals surface area contributed by atoms with Gasteiger partial charge in [0.15, 0.2) is 0 Å². The molecule has 96 valence electrons. The molecule has 0 bridgehead atoms. The van der Waals surface area contributed by atoms with Gasteiger partial charge in [-0.05, 0) is 10.6 Å². The van der Waals surface area contributed by atoms with E-state index < -0.39 is 7.92 Å². The minimum atomic E-state index is -0.409. The first-order valence-corrected chi connectivity index (χ1v) is 7.41. The van der Waals surface area contributed by atoms with E-state index in [0.717, 1.165) is 0 Å². The van der Waals surface area contributed by atoms with Gasteiger partial charge in [0.25, 0.3) is 0 Å². The Morgan fingerprint density at radius 3 is 1.58 bits per heavy atom. The Bertz CT molecular complexity index is 548. The van der Waals surface area contributed by atoms with Crippen LogP contribution in [0.2, 0.25) is 0 Å². The number of hydrogen-bond donors (Lipinski definition) is 0. The molecule has 0 spiro atoms. The molecule has 0 saturated carbocycles. The molecule has 2 heteroatoms.